The number of carbonyl (C=O) groups excluding carboxylic acids is 1. The molecule has 1 rings (SSSR count). The zero-order valence-electron chi connectivity index (χ0n) is 7.67. The molecule has 0 aromatic heterocycles. The molecule has 0 aromatic carbocycles. The molecule has 0 aliphatic carbocycles. The Kier molecular flexibility index (Phi) is 5.25. The van der Waals surface area contributed by atoms with Crippen molar-refractivity contribution in [2.45, 2.75) is 25.8 Å². The van der Waals surface area contributed by atoms with Crippen molar-refractivity contribution in [3.8, 4) is 0 Å². The highest BCUT2D eigenvalue weighted by molar-refractivity contribution is 5.85. The van der Waals surface area contributed by atoms with Gasteiger partial charge in [-0.3, -0.25) is 4.79 Å². The van der Waals surface area contributed by atoms with Gasteiger partial charge in [-0.05, 0) is 13.0 Å². The summed E-state index contributed by atoms with van der Waals surface area (Å²) in [5.41, 5.74) is 0. The van der Waals surface area contributed by atoms with E-state index in [-0.39, 0.29) is 18.3 Å². The van der Waals surface area contributed by atoms with Crippen molar-refractivity contribution in [3.05, 3.63) is 0 Å². The molecule has 12 heavy (non-hydrogen) atoms. The maximum Gasteiger partial charge on any atom is 0.222 e. The quantitative estimate of drug-likeness (QED) is 0.697. The van der Waals surface area contributed by atoms with E-state index in [0.29, 0.717) is 12.5 Å². The zero-order valence-corrected chi connectivity index (χ0v) is 8.49. The summed E-state index contributed by atoms with van der Waals surface area (Å²) in [5, 5.41) is 3.24. The van der Waals surface area contributed by atoms with Crippen LogP contribution in [0.4, 0.5) is 0 Å². The minimum atomic E-state index is 0. The highest BCUT2D eigenvalue weighted by Gasteiger charge is 2.21. The van der Waals surface area contributed by atoms with Gasteiger partial charge in [-0.1, -0.05) is 6.92 Å². The first-order valence-electron chi connectivity index (χ1n) is 4.22. The lowest BCUT2D eigenvalue weighted by molar-refractivity contribution is -0.131. The lowest BCUT2D eigenvalue weighted by atomic mass is 10.2. The van der Waals surface area contributed by atoms with Crippen LogP contribution < -0.4 is 5.32 Å². The van der Waals surface area contributed by atoms with Gasteiger partial charge in [0.2, 0.25) is 5.91 Å². The number of amides is 1. The Morgan fingerprint density at radius 3 is 2.75 bits per heavy atom. The van der Waals surface area contributed by atoms with Gasteiger partial charge in [-0.25, -0.2) is 0 Å². The number of hydrogen-bond acceptors (Lipinski definition) is 2. The zero-order chi connectivity index (χ0) is 8.27. The molecule has 1 saturated heterocycles. The summed E-state index contributed by atoms with van der Waals surface area (Å²) in [5.74, 6) is 0.249. The number of halogens is 1. The SMILES string of the molecule is CCC(=O)N(C)C1CCNC1.Cl. The summed E-state index contributed by atoms with van der Waals surface area (Å²) >= 11 is 0. The standard InChI is InChI=1S/C8H16N2O.ClH/c1-3-8(11)10(2)7-4-5-9-6-7;/h7,9H,3-6H2,1-2H3;1H. The molecule has 72 valence electrons. The molecular weight excluding hydrogens is 176 g/mol. The van der Waals surface area contributed by atoms with E-state index in [1.807, 2.05) is 18.9 Å². The molecule has 0 spiro atoms. The third-order valence-electron chi connectivity index (χ3n) is 2.28. The van der Waals surface area contributed by atoms with Gasteiger partial charge in [0.05, 0.1) is 0 Å². The molecule has 1 aliphatic heterocycles. The molecule has 1 fully saturated rings. The smallest absolute Gasteiger partial charge is 0.222 e. The highest BCUT2D eigenvalue weighted by atomic mass is 35.5. The Labute approximate surface area is 79.9 Å². The van der Waals surface area contributed by atoms with E-state index in [9.17, 15) is 4.79 Å². The molecule has 0 saturated carbocycles. The summed E-state index contributed by atoms with van der Waals surface area (Å²) in [7, 11) is 1.89. The van der Waals surface area contributed by atoms with Crippen LogP contribution in [0.3, 0.4) is 0 Å². The van der Waals surface area contributed by atoms with Gasteiger partial charge >= 0.3 is 0 Å². The Morgan fingerprint density at radius 2 is 2.33 bits per heavy atom. The van der Waals surface area contributed by atoms with Crippen LogP contribution in [0.1, 0.15) is 19.8 Å². The van der Waals surface area contributed by atoms with E-state index in [2.05, 4.69) is 5.32 Å². The molecule has 1 amide bonds. The van der Waals surface area contributed by atoms with Crippen molar-refractivity contribution in [1.29, 1.82) is 0 Å². The van der Waals surface area contributed by atoms with Crippen molar-refractivity contribution in [3.63, 3.8) is 0 Å². The second-order valence-corrected chi connectivity index (χ2v) is 3.00. The molecule has 1 heterocycles. The van der Waals surface area contributed by atoms with Crippen molar-refractivity contribution in [1.82, 2.24) is 10.2 Å². The Bertz CT molecular complexity index is 146. The Balaban J connectivity index is 0.00000121. The van der Waals surface area contributed by atoms with Crippen LogP contribution in [0.15, 0.2) is 0 Å². The fourth-order valence-electron chi connectivity index (χ4n) is 1.42. The Hall–Kier alpha value is -0.280. The average Bonchev–Trinajstić information content (AvgIpc) is 2.53. The fourth-order valence-corrected chi connectivity index (χ4v) is 1.42. The molecule has 1 aliphatic rings. The summed E-state index contributed by atoms with van der Waals surface area (Å²) < 4.78 is 0. The third-order valence-corrected chi connectivity index (χ3v) is 2.28. The van der Waals surface area contributed by atoms with Gasteiger partial charge in [0, 0.05) is 26.1 Å². The molecule has 1 unspecified atom stereocenters. The Morgan fingerprint density at radius 1 is 1.67 bits per heavy atom. The molecule has 0 aromatic rings. The van der Waals surface area contributed by atoms with Crippen molar-refractivity contribution < 1.29 is 4.79 Å². The van der Waals surface area contributed by atoms with Crippen LogP contribution in [0, 0.1) is 0 Å². The molecule has 1 atom stereocenters. The monoisotopic (exact) mass is 192 g/mol. The van der Waals surface area contributed by atoms with E-state index >= 15 is 0 Å². The van der Waals surface area contributed by atoms with E-state index in [1.165, 1.54) is 0 Å². The van der Waals surface area contributed by atoms with Crippen LogP contribution in [0.25, 0.3) is 0 Å². The van der Waals surface area contributed by atoms with Crippen LogP contribution in [-0.4, -0.2) is 37.0 Å². The first-order valence-corrected chi connectivity index (χ1v) is 4.22. The molecule has 3 nitrogen and oxygen atoms in total. The maximum atomic E-state index is 11.2. The number of hydrogen-bond donors (Lipinski definition) is 1. The molecular formula is C8H17ClN2O. The van der Waals surface area contributed by atoms with Gasteiger partial charge in [0.15, 0.2) is 0 Å². The van der Waals surface area contributed by atoms with E-state index in [4.69, 9.17) is 0 Å². The molecule has 4 heteroatoms. The minimum absolute atomic E-state index is 0. The lowest BCUT2D eigenvalue weighted by Crippen LogP contribution is -2.37. The van der Waals surface area contributed by atoms with Gasteiger partial charge in [0.1, 0.15) is 0 Å². The van der Waals surface area contributed by atoms with Crippen LogP contribution in [0.2, 0.25) is 0 Å². The van der Waals surface area contributed by atoms with Gasteiger partial charge in [-0.2, -0.15) is 0 Å². The third kappa shape index (κ3) is 2.64. The number of nitrogens with zero attached hydrogens (tertiary/aromatic N) is 1. The van der Waals surface area contributed by atoms with Crippen molar-refractivity contribution >= 4 is 18.3 Å². The van der Waals surface area contributed by atoms with Crippen LogP contribution in [-0.2, 0) is 4.79 Å². The number of carbonyl (C=O) groups is 1. The largest absolute Gasteiger partial charge is 0.341 e. The first-order chi connectivity index (χ1) is 5.25. The summed E-state index contributed by atoms with van der Waals surface area (Å²) in [6, 6.07) is 0.433. The first kappa shape index (κ1) is 11.7. The fraction of sp³-hybridized carbons (Fsp3) is 0.875. The van der Waals surface area contributed by atoms with E-state index in [1.54, 1.807) is 0 Å². The summed E-state index contributed by atoms with van der Waals surface area (Å²) in [4.78, 5) is 13.1. The molecule has 0 radical (unpaired) electrons. The van der Waals surface area contributed by atoms with Crippen molar-refractivity contribution in [2.75, 3.05) is 20.1 Å². The highest BCUT2D eigenvalue weighted by Crippen LogP contribution is 2.06. The predicted molar refractivity (Wildman–Crippen MR) is 51.6 cm³/mol. The number of likely N-dealkylation sites (N-methyl/N-ethyl adjacent to an activating group) is 1. The predicted octanol–water partition coefficient (Wildman–Crippen LogP) is 0.639. The van der Waals surface area contributed by atoms with Gasteiger partial charge < -0.3 is 10.2 Å². The topological polar surface area (TPSA) is 32.3 Å². The van der Waals surface area contributed by atoms with Gasteiger partial charge in [0.25, 0.3) is 0 Å². The van der Waals surface area contributed by atoms with Gasteiger partial charge in [-0.15, -0.1) is 12.4 Å². The van der Waals surface area contributed by atoms with Crippen molar-refractivity contribution in [2.24, 2.45) is 0 Å². The second kappa shape index (κ2) is 5.38. The molecule has 1 N–H and O–H groups in total. The summed E-state index contributed by atoms with van der Waals surface area (Å²) in [6.45, 7) is 3.91. The van der Waals surface area contributed by atoms with E-state index < -0.39 is 0 Å². The van der Waals surface area contributed by atoms with Crippen LogP contribution >= 0.6 is 12.4 Å². The average molecular weight is 193 g/mol. The minimum Gasteiger partial charge on any atom is -0.341 e. The number of nitrogens with one attached hydrogen (secondary N) is 1. The van der Waals surface area contributed by atoms with E-state index in [0.717, 1.165) is 19.5 Å². The maximum absolute atomic E-state index is 11.2. The molecule has 0 bridgehead atoms. The summed E-state index contributed by atoms with van der Waals surface area (Å²) in [6.07, 6.45) is 1.72. The number of rotatable bonds is 2. The normalized spacial score (nSPS) is 21.7. The second-order valence-electron chi connectivity index (χ2n) is 3.00. The van der Waals surface area contributed by atoms with Crippen LogP contribution in [0.5, 0.6) is 0 Å². The lowest BCUT2D eigenvalue weighted by Gasteiger charge is -2.22.